The minimum absolute atomic E-state index is 0.264. The van der Waals surface area contributed by atoms with Gasteiger partial charge in [0.2, 0.25) is 0 Å². The van der Waals surface area contributed by atoms with Gasteiger partial charge in [-0.05, 0) is 33.6 Å². The number of hydrogen-bond donors (Lipinski definition) is 1. The Bertz CT molecular complexity index is 227. The highest BCUT2D eigenvalue weighted by Crippen LogP contribution is 2.12. The predicted octanol–water partition coefficient (Wildman–Crippen LogP) is 2.22. The van der Waals surface area contributed by atoms with E-state index in [1.807, 2.05) is 20.8 Å². The van der Waals surface area contributed by atoms with E-state index < -0.39 is 17.5 Å². The highest BCUT2D eigenvalue weighted by Gasteiger charge is 2.17. The lowest BCUT2D eigenvalue weighted by Gasteiger charge is -2.19. The fourth-order valence-corrected chi connectivity index (χ4v) is 1.07. The van der Waals surface area contributed by atoms with Crippen molar-refractivity contribution in [2.45, 2.75) is 52.6 Å². The lowest BCUT2D eigenvalue weighted by Crippen LogP contribution is -2.23. The smallest absolute Gasteiger partial charge is 0.306 e. The first-order valence-electron chi connectivity index (χ1n) is 5.17. The molecule has 0 fully saturated rings. The third kappa shape index (κ3) is 7.97. The number of carbonyl (C=O) groups is 2. The number of esters is 1. The van der Waals surface area contributed by atoms with Crippen LogP contribution in [0.5, 0.6) is 0 Å². The van der Waals surface area contributed by atoms with Crippen molar-refractivity contribution < 1.29 is 19.4 Å². The van der Waals surface area contributed by atoms with E-state index in [-0.39, 0.29) is 12.4 Å². The van der Waals surface area contributed by atoms with Gasteiger partial charge in [0, 0.05) is 6.42 Å². The molecule has 0 saturated heterocycles. The van der Waals surface area contributed by atoms with E-state index in [4.69, 9.17) is 9.84 Å². The third-order valence-corrected chi connectivity index (χ3v) is 1.86. The normalized spacial score (nSPS) is 13.3. The number of hydrogen-bond acceptors (Lipinski definition) is 3. The second-order valence-electron chi connectivity index (χ2n) is 4.72. The van der Waals surface area contributed by atoms with Crippen molar-refractivity contribution in [3.05, 3.63) is 0 Å². The van der Waals surface area contributed by atoms with Gasteiger partial charge in [0.25, 0.3) is 0 Å². The fraction of sp³-hybridized carbons (Fsp3) is 0.818. The second kappa shape index (κ2) is 5.73. The SMILES string of the molecule is CC(CCCC(=O)OC(C)(C)C)C(=O)O. The summed E-state index contributed by atoms with van der Waals surface area (Å²) in [5, 5.41) is 8.62. The molecule has 0 spiro atoms. The lowest BCUT2D eigenvalue weighted by molar-refractivity contribution is -0.155. The standard InChI is InChI=1S/C11H20O4/c1-8(10(13)14)6-5-7-9(12)15-11(2,3)4/h8H,5-7H2,1-4H3,(H,13,14). The zero-order valence-corrected chi connectivity index (χ0v) is 9.87. The quantitative estimate of drug-likeness (QED) is 0.716. The Kier molecular flexibility index (Phi) is 5.33. The van der Waals surface area contributed by atoms with Crippen molar-refractivity contribution in [1.29, 1.82) is 0 Å². The summed E-state index contributed by atoms with van der Waals surface area (Å²) in [4.78, 5) is 21.7. The van der Waals surface area contributed by atoms with Crippen LogP contribution in [-0.2, 0) is 14.3 Å². The van der Waals surface area contributed by atoms with Crippen LogP contribution in [0.4, 0.5) is 0 Å². The number of aliphatic carboxylic acids is 1. The maximum Gasteiger partial charge on any atom is 0.306 e. The van der Waals surface area contributed by atoms with Gasteiger partial charge in [-0.2, -0.15) is 0 Å². The maximum absolute atomic E-state index is 11.2. The van der Waals surface area contributed by atoms with Crippen LogP contribution in [0.2, 0.25) is 0 Å². The number of carboxylic acids is 1. The van der Waals surface area contributed by atoms with Gasteiger partial charge < -0.3 is 9.84 Å². The zero-order chi connectivity index (χ0) is 12.1. The maximum atomic E-state index is 11.2. The van der Waals surface area contributed by atoms with Gasteiger partial charge in [0.05, 0.1) is 5.92 Å². The molecule has 0 aromatic heterocycles. The molecular weight excluding hydrogens is 196 g/mol. The van der Waals surface area contributed by atoms with Gasteiger partial charge in [-0.15, -0.1) is 0 Å². The molecule has 15 heavy (non-hydrogen) atoms. The molecule has 0 aliphatic rings. The highest BCUT2D eigenvalue weighted by atomic mass is 16.6. The molecule has 0 amide bonds. The van der Waals surface area contributed by atoms with Crippen LogP contribution in [0.15, 0.2) is 0 Å². The average molecular weight is 216 g/mol. The van der Waals surface area contributed by atoms with Crippen molar-refractivity contribution in [3.8, 4) is 0 Å². The summed E-state index contributed by atoms with van der Waals surface area (Å²) in [6.07, 6.45) is 1.35. The second-order valence-corrected chi connectivity index (χ2v) is 4.72. The summed E-state index contributed by atoms with van der Waals surface area (Å²) in [6, 6.07) is 0. The first-order chi connectivity index (χ1) is 6.72. The molecule has 4 heteroatoms. The molecule has 1 N–H and O–H groups in total. The molecule has 0 aliphatic heterocycles. The number of rotatable bonds is 5. The van der Waals surface area contributed by atoms with E-state index in [0.717, 1.165) is 0 Å². The van der Waals surface area contributed by atoms with Crippen molar-refractivity contribution in [1.82, 2.24) is 0 Å². The summed E-state index contributed by atoms with van der Waals surface area (Å²) in [7, 11) is 0. The summed E-state index contributed by atoms with van der Waals surface area (Å²) in [6.45, 7) is 7.07. The van der Waals surface area contributed by atoms with Gasteiger partial charge in [-0.1, -0.05) is 6.92 Å². The van der Waals surface area contributed by atoms with E-state index in [2.05, 4.69) is 0 Å². The number of carboxylic acid groups (broad SMARTS) is 1. The summed E-state index contributed by atoms with van der Waals surface area (Å²) in [5.74, 6) is -1.48. The first-order valence-corrected chi connectivity index (χ1v) is 5.17. The molecule has 0 saturated carbocycles. The van der Waals surface area contributed by atoms with E-state index in [9.17, 15) is 9.59 Å². The van der Waals surface area contributed by atoms with Gasteiger partial charge in [0.1, 0.15) is 5.60 Å². The van der Waals surface area contributed by atoms with Crippen molar-refractivity contribution in [2.75, 3.05) is 0 Å². The molecule has 0 bridgehead atoms. The van der Waals surface area contributed by atoms with Crippen LogP contribution >= 0.6 is 0 Å². The van der Waals surface area contributed by atoms with E-state index in [0.29, 0.717) is 12.8 Å². The largest absolute Gasteiger partial charge is 0.481 e. The summed E-state index contributed by atoms with van der Waals surface area (Å²) in [5.41, 5.74) is -0.463. The molecular formula is C11H20O4. The molecule has 88 valence electrons. The van der Waals surface area contributed by atoms with Crippen LogP contribution in [0, 0.1) is 5.92 Å². The average Bonchev–Trinajstić information content (AvgIpc) is 2.00. The Labute approximate surface area is 90.6 Å². The van der Waals surface area contributed by atoms with Crippen molar-refractivity contribution >= 4 is 11.9 Å². The Morgan fingerprint density at radius 1 is 1.33 bits per heavy atom. The van der Waals surface area contributed by atoms with Gasteiger partial charge in [-0.25, -0.2) is 0 Å². The predicted molar refractivity (Wildman–Crippen MR) is 56.5 cm³/mol. The molecule has 0 aliphatic carbocycles. The number of carbonyl (C=O) groups excluding carboxylic acids is 1. The van der Waals surface area contributed by atoms with Crippen LogP contribution in [0.1, 0.15) is 47.0 Å². The Morgan fingerprint density at radius 2 is 1.87 bits per heavy atom. The van der Waals surface area contributed by atoms with E-state index in [1.165, 1.54) is 0 Å². The molecule has 1 atom stereocenters. The lowest BCUT2D eigenvalue weighted by atomic mass is 10.0. The Balaban J connectivity index is 3.69. The minimum Gasteiger partial charge on any atom is -0.481 e. The molecule has 0 aromatic carbocycles. The van der Waals surface area contributed by atoms with Crippen molar-refractivity contribution in [2.24, 2.45) is 5.92 Å². The molecule has 0 heterocycles. The van der Waals surface area contributed by atoms with Gasteiger partial charge >= 0.3 is 11.9 Å². The van der Waals surface area contributed by atoms with Crippen molar-refractivity contribution in [3.63, 3.8) is 0 Å². The molecule has 0 radical (unpaired) electrons. The zero-order valence-electron chi connectivity index (χ0n) is 9.87. The van der Waals surface area contributed by atoms with Gasteiger partial charge in [-0.3, -0.25) is 9.59 Å². The first kappa shape index (κ1) is 13.9. The summed E-state index contributed by atoms with van der Waals surface area (Å²) >= 11 is 0. The monoisotopic (exact) mass is 216 g/mol. The Morgan fingerprint density at radius 3 is 2.27 bits per heavy atom. The minimum atomic E-state index is -0.820. The van der Waals surface area contributed by atoms with Gasteiger partial charge in [0.15, 0.2) is 0 Å². The van der Waals surface area contributed by atoms with Crippen LogP contribution < -0.4 is 0 Å². The molecule has 0 rings (SSSR count). The molecule has 1 unspecified atom stereocenters. The van der Waals surface area contributed by atoms with Crippen LogP contribution in [-0.4, -0.2) is 22.6 Å². The molecule has 4 nitrogen and oxygen atoms in total. The molecule has 0 aromatic rings. The van der Waals surface area contributed by atoms with E-state index in [1.54, 1.807) is 6.92 Å². The highest BCUT2D eigenvalue weighted by molar-refractivity contribution is 5.71. The summed E-state index contributed by atoms with van der Waals surface area (Å²) < 4.78 is 5.09. The third-order valence-electron chi connectivity index (χ3n) is 1.86. The van der Waals surface area contributed by atoms with Crippen LogP contribution in [0.25, 0.3) is 0 Å². The van der Waals surface area contributed by atoms with E-state index >= 15 is 0 Å². The fourth-order valence-electron chi connectivity index (χ4n) is 1.07. The Hall–Kier alpha value is -1.06. The number of ether oxygens (including phenoxy) is 1. The topological polar surface area (TPSA) is 63.6 Å². The van der Waals surface area contributed by atoms with Crippen LogP contribution in [0.3, 0.4) is 0 Å².